The Morgan fingerprint density at radius 3 is 2.09 bits per heavy atom. The molecule has 0 saturated heterocycles. The minimum Gasteiger partial charge on any atom is -0.744 e. The van der Waals surface area contributed by atoms with Gasteiger partial charge in [0.2, 0.25) is 0 Å². The minimum absolute atomic E-state index is 0. The van der Waals surface area contributed by atoms with E-state index in [1.807, 2.05) is 0 Å². The molecule has 0 aliphatic rings. The Kier molecular flexibility index (Phi) is 14.5. The number of nitrogens with two attached hydrogens (primary N) is 1. The zero-order valence-electron chi connectivity index (χ0n) is 18.5. The second-order valence-electron chi connectivity index (χ2n) is 6.16. The van der Waals surface area contributed by atoms with E-state index in [-0.39, 0.29) is 123 Å². The molecule has 12 nitrogen and oxygen atoms in total. The number of carbonyl (C=O) groups excluding carboxylic acids is 1. The van der Waals surface area contributed by atoms with E-state index < -0.39 is 46.7 Å². The van der Waals surface area contributed by atoms with Crippen molar-refractivity contribution in [3.8, 4) is 0 Å². The molecule has 0 radical (unpaired) electrons. The van der Waals surface area contributed by atoms with E-state index >= 15 is 0 Å². The molecule has 0 aliphatic carbocycles. The summed E-state index contributed by atoms with van der Waals surface area (Å²) in [7, 11) is -10.4. The topological polar surface area (TPSA) is 211 Å². The summed E-state index contributed by atoms with van der Waals surface area (Å²) in [6.45, 7) is 0. The van der Waals surface area contributed by atoms with Gasteiger partial charge in [-0.05, 0) is 42.5 Å². The summed E-state index contributed by atoms with van der Waals surface area (Å²) in [6.07, 6.45) is 0. The van der Waals surface area contributed by atoms with Gasteiger partial charge in [0, 0.05) is 26.9 Å². The van der Waals surface area contributed by atoms with E-state index in [0.717, 1.165) is 24.3 Å². The van der Waals surface area contributed by atoms with Crippen molar-refractivity contribution in [2.75, 3.05) is 11.1 Å². The quantitative estimate of drug-likeness (QED) is 0.0680. The van der Waals surface area contributed by atoms with Crippen LogP contribution in [0.5, 0.6) is 0 Å². The van der Waals surface area contributed by atoms with Gasteiger partial charge in [-0.3, -0.25) is 9.83 Å². The number of fused-ring (bicyclic) bond motifs is 1. The third-order valence-electron chi connectivity index (χ3n) is 4.11. The van der Waals surface area contributed by atoms with Gasteiger partial charge in [-0.15, -0.1) is 0 Å². The number of nitrogen functional groups attached to an aromatic ring is 1. The number of carbonyl (C=O) groups is 1. The van der Waals surface area contributed by atoms with Crippen molar-refractivity contribution >= 4 is 60.3 Å². The molecule has 3 aromatic carbocycles. The maximum absolute atomic E-state index is 12.6. The first-order chi connectivity index (χ1) is 14.9. The molecule has 18 heteroatoms. The predicted molar refractivity (Wildman–Crippen MR) is 107 cm³/mol. The summed E-state index contributed by atoms with van der Waals surface area (Å²) in [5.41, 5.74) is 5.71. The molecule has 0 saturated carbocycles. The van der Waals surface area contributed by atoms with Crippen molar-refractivity contribution in [2.24, 2.45) is 0 Å². The van der Waals surface area contributed by atoms with E-state index in [2.05, 4.69) is 14.7 Å². The average molecular weight is 568 g/mol. The summed E-state index contributed by atoms with van der Waals surface area (Å²) >= 11 is 0.167. The Hall–Kier alpha value is 0.240. The van der Waals surface area contributed by atoms with E-state index in [1.54, 1.807) is 0 Å². The SMILES string of the molecule is Nc1cccc(C(=O)Nc2ccc(S(=O)(=O)[O-])c3cc(SOO[O-])cc(S(=O)(=O)[O-])c23)c1.[Na+].[Na+].[Na+]. The fraction of sp³-hybridized carbons (Fsp3) is 0. The monoisotopic (exact) mass is 568 g/mol. The molecule has 0 aromatic heterocycles. The van der Waals surface area contributed by atoms with Gasteiger partial charge in [-0.2, -0.15) is 4.33 Å². The Bertz CT molecular complexity index is 1440. The van der Waals surface area contributed by atoms with Crippen LogP contribution in [0, 0.1) is 0 Å². The van der Waals surface area contributed by atoms with Gasteiger partial charge < -0.3 is 25.4 Å². The van der Waals surface area contributed by atoms with Crippen LogP contribution in [0.4, 0.5) is 11.4 Å². The Morgan fingerprint density at radius 2 is 1.54 bits per heavy atom. The molecule has 3 rings (SSSR count). The standard InChI is InChI=1S/C17H14N2O10S3.3Na/c18-10-3-1-2-9(6-10)17(20)19-13-4-5-14(31(22,23)24)12-7-11(30-29-28-21)8-15(16(12)13)32(25,26)27;;;/h1-8,21H,18H2,(H,19,20)(H,22,23,24)(H,25,26,27);;;/q;3*+1/p-3. The van der Waals surface area contributed by atoms with E-state index in [0.29, 0.717) is 0 Å². The second-order valence-corrected chi connectivity index (χ2v) is 9.63. The van der Waals surface area contributed by atoms with Crippen LogP contribution in [-0.4, -0.2) is 31.8 Å². The first-order valence-electron chi connectivity index (χ1n) is 8.24. The van der Waals surface area contributed by atoms with E-state index in [4.69, 9.17) is 5.73 Å². The number of rotatable bonds is 7. The molecule has 1 amide bonds. The Labute approximate surface area is 270 Å². The van der Waals surface area contributed by atoms with Crippen LogP contribution in [0.2, 0.25) is 0 Å². The first kappa shape index (κ1) is 35.2. The molecule has 0 aliphatic heterocycles. The van der Waals surface area contributed by atoms with Crippen LogP contribution < -0.4 is 105 Å². The van der Waals surface area contributed by atoms with Crippen molar-refractivity contribution in [2.45, 2.75) is 14.7 Å². The van der Waals surface area contributed by atoms with Crippen LogP contribution >= 0.6 is 12.0 Å². The van der Waals surface area contributed by atoms with Crippen molar-refractivity contribution in [1.29, 1.82) is 0 Å². The average Bonchev–Trinajstić information content (AvgIpc) is 2.70. The number of hydrogen-bond donors (Lipinski definition) is 2. The summed E-state index contributed by atoms with van der Waals surface area (Å²) in [5.74, 6) is -0.757. The molecular formula is C17H11N2Na3O10S3. The third-order valence-corrected chi connectivity index (χ3v) is 6.41. The summed E-state index contributed by atoms with van der Waals surface area (Å²) < 4.78 is 75.1. The van der Waals surface area contributed by atoms with Crippen LogP contribution in [-0.2, 0) is 29.6 Å². The number of benzene rings is 3. The maximum atomic E-state index is 12.6. The molecule has 170 valence electrons. The van der Waals surface area contributed by atoms with Gasteiger partial charge in [0.25, 0.3) is 5.91 Å². The molecule has 3 N–H and O–H groups in total. The fourth-order valence-electron chi connectivity index (χ4n) is 2.89. The van der Waals surface area contributed by atoms with Gasteiger partial charge in [0.15, 0.2) is 0 Å². The maximum Gasteiger partial charge on any atom is 1.00 e. The number of nitrogens with one attached hydrogen (secondary N) is 1. The van der Waals surface area contributed by atoms with Gasteiger partial charge in [-0.1, -0.05) is 6.07 Å². The number of hydrogen-bond acceptors (Lipinski definition) is 12. The van der Waals surface area contributed by atoms with Crippen LogP contribution in [0.3, 0.4) is 0 Å². The summed E-state index contributed by atoms with van der Waals surface area (Å²) in [5, 5.41) is 14.6. The third kappa shape index (κ3) is 8.90. The zero-order valence-corrected chi connectivity index (χ0v) is 27.0. The molecule has 0 heterocycles. The molecule has 0 atom stereocenters. The molecule has 3 aromatic rings. The molecular weight excluding hydrogens is 557 g/mol. The van der Waals surface area contributed by atoms with E-state index in [9.17, 15) is 36.0 Å². The second kappa shape index (κ2) is 14.4. The first-order valence-corrected chi connectivity index (χ1v) is 11.8. The molecule has 0 bridgehead atoms. The van der Waals surface area contributed by atoms with Crippen molar-refractivity contribution < 1.29 is 134 Å². The molecule has 0 spiro atoms. The Balaban J connectivity index is 0.00000385. The Morgan fingerprint density at radius 1 is 0.914 bits per heavy atom. The van der Waals surface area contributed by atoms with Crippen molar-refractivity contribution in [3.63, 3.8) is 0 Å². The minimum atomic E-state index is -5.27. The molecule has 0 fully saturated rings. The summed E-state index contributed by atoms with van der Waals surface area (Å²) in [6, 6.07) is 9.30. The molecule has 35 heavy (non-hydrogen) atoms. The smallest absolute Gasteiger partial charge is 0.744 e. The fourth-order valence-corrected chi connectivity index (χ4v) is 4.81. The van der Waals surface area contributed by atoms with Gasteiger partial charge in [0.05, 0.1) is 27.5 Å². The number of anilines is 2. The normalized spacial score (nSPS) is 11.1. The van der Waals surface area contributed by atoms with Gasteiger partial charge >= 0.3 is 88.7 Å². The van der Waals surface area contributed by atoms with Gasteiger partial charge in [-0.25, -0.2) is 16.8 Å². The van der Waals surface area contributed by atoms with Crippen LogP contribution in [0.1, 0.15) is 10.4 Å². The summed E-state index contributed by atoms with van der Waals surface area (Å²) in [4.78, 5) is 10.5. The van der Waals surface area contributed by atoms with Crippen molar-refractivity contribution in [3.05, 3.63) is 54.1 Å². The van der Waals surface area contributed by atoms with E-state index in [1.165, 1.54) is 24.3 Å². The molecule has 0 unspecified atom stereocenters. The van der Waals surface area contributed by atoms with Crippen LogP contribution in [0.25, 0.3) is 10.8 Å². The van der Waals surface area contributed by atoms with Gasteiger partial charge in [0.1, 0.15) is 20.2 Å². The van der Waals surface area contributed by atoms with Crippen LogP contribution in [0.15, 0.2) is 63.2 Å². The van der Waals surface area contributed by atoms with Crippen molar-refractivity contribution in [1.82, 2.24) is 0 Å². The predicted octanol–water partition coefficient (Wildman–Crippen LogP) is -8.27. The largest absolute Gasteiger partial charge is 1.00 e. The number of amides is 1. The zero-order chi connectivity index (χ0) is 23.7.